The highest BCUT2D eigenvalue weighted by Crippen LogP contribution is 2.59. The summed E-state index contributed by atoms with van der Waals surface area (Å²) in [6.07, 6.45) is 5.20. The normalized spacial score (nSPS) is 32.1. The van der Waals surface area contributed by atoms with E-state index in [1.165, 1.54) is 25.7 Å². The van der Waals surface area contributed by atoms with Crippen LogP contribution in [0.5, 0.6) is 0 Å². The topological polar surface area (TPSA) is 23.9 Å². The van der Waals surface area contributed by atoms with E-state index in [0.29, 0.717) is 11.3 Å². The molecule has 0 aromatic rings. The molecule has 1 spiro atoms. The number of hydrogen-bond donors (Lipinski definition) is 1. The van der Waals surface area contributed by atoms with Gasteiger partial charge in [0.15, 0.2) is 0 Å². The van der Waals surface area contributed by atoms with E-state index in [0.717, 1.165) is 5.71 Å². The molecule has 2 rings (SSSR count). The zero-order valence-corrected chi connectivity index (χ0v) is 10.4. The molecule has 1 atom stereocenters. The van der Waals surface area contributed by atoms with Gasteiger partial charge in [-0.3, -0.25) is 0 Å². The van der Waals surface area contributed by atoms with Gasteiger partial charge in [-0.2, -0.15) is 0 Å². The van der Waals surface area contributed by atoms with E-state index in [1.54, 1.807) is 0 Å². The molecule has 1 nitrogen and oxygen atoms in total. The molecule has 1 N–H and O–H groups in total. The zero-order valence-electron chi connectivity index (χ0n) is 10.4. The third kappa shape index (κ3) is 1.62. The second-order valence-electron chi connectivity index (χ2n) is 5.32. The van der Waals surface area contributed by atoms with E-state index in [9.17, 15) is 0 Å². The predicted octanol–water partition coefficient (Wildman–Crippen LogP) is 4.27. The fourth-order valence-electron chi connectivity index (χ4n) is 2.56. The summed E-state index contributed by atoms with van der Waals surface area (Å²) < 4.78 is 0. The van der Waals surface area contributed by atoms with E-state index >= 15 is 0 Å². The Balaban J connectivity index is 0.000000461. The fraction of sp³-hybridized carbons (Fsp3) is 0.923. The van der Waals surface area contributed by atoms with Crippen molar-refractivity contribution in [3.63, 3.8) is 0 Å². The van der Waals surface area contributed by atoms with Gasteiger partial charge in [0.1, 0.15) is 0 Å². The quantitative estimate of drug-likeness (QED) is 0.597. The van der Waals surface area contributed by atoms with Crippen molar-refractivity contribution in [1.29, 1.82) is 5.41 Å². The molecule has 2 fully saturated rings. The lowest BCUT2D eigenvalue weighted by Gasteiger charge is -2.42. The van der Waals surface area contributed by atoms with Gasteiger partial charge in [0, 0.05) is 16.5 Å². The zero-order chi connectivity index (χ0) is 11.0. The van der Waals surface area contributed by atoms with Crippen molar-refractivity contribution in [1.82, 2.24) is 0 Å². The van der Waals surface area contributed by atoms with Crippen LogP contribution in [0.3, 0.4) is 0 Å². The van der Waals surface area contributed by atoms with Crippen molar-refractivity contribution >= 4 is 5.71 Å². The minimum Gasteiger partial charge on any atom is -0.309 e. The lowest BCUT2D eigenvalue weighted by molar-refractivity contribution is 0.244. The van der Waals surface area contributed by atoms with Gasteiger partial charge in [0.2, 0.25) is 0 Å². The van der Waals surface area contributed by atoms with Crippen molar-refractivity contribution in [3.8, 4) is 0 Å². The van der Waals surface area contributed by atoms with Crippen LogP contribution >= 0.6 is 0 Å². The Kier molecular flexibility index (Phi) is 3.08. The smallest absolute Gasteiger partial charge is 0.0210 e. The van der Waals surface area contributed by atoms with Crippen LogP contribution in [0, 0.1) is 22.2 Å². The van der Waals surface area contributed by atoms with Gasteiger partial charge in [0.05, 0.1) is 0 Å². The van der Waals surface area contributed by atoms with E-state index < -0.39 is 0 Å². The van der Waals surface area contributed by atoms with Crippen LogP contribution in [-0.2, 0) is 0 Å². The van der Waals surface area contributed by atoms with E-state index in [1.807, 2.05) is 13.8 Å². The molecule has 0 bridgehead atoms. The van der Waals surface area contributed by atoms with Crippen molar-refractivity contribution in [3.05, 3.63) is 0 Å². The average molecular weight is 195 g/mol. The van der Waals surface area contributed by atoms with Crippen LogP contribution in [0.4, 0.5) is 0 Å². The minimum atomic E-state index is 0.175. The second kappa shape index (κ2) is 3.67. The molecule has 0 aliphatic heterocycles. The van der Waals surface area contributed by atoms with Crippen LogP contribution in [0.1, 0.15) is 60.3 Å². The Hall–Kier alpha value is -0.330. The SMILES string of the molecule is CC.CC1CCC2(CC2)C(=N)C1(C)C. The first-order valence-corrected chi connectivity index (χ1v) is 6.08. The summed E-state index contributed by atoms with van der Waals surface area (Å²) in [5.74, 6) is 0.705. The summed E-state index contributed by atoms with van der Waals surface area (Å²) in [7, 11) is 0. The lowest BCUT2D eigenvalue weighted by Crippen LogP contribution is -2.41. The Labute approximate surface area is 88.8 Å². The summed E-state index contributed by atoms with van der Waals surface area (Å²) in [5, 5.41) is 8.19. The number of rotatable bonds is 0. The molecule has 2 aliphatic carbocycles. The standard InChI is InChI=1S/C11H19N.C2H6/c1-8-4-5-11(6-7-11)9(12)10(8,2)3;1-2/h8,12H,4-7H2,1-3H3;1-2H3. The first-order valence-electron chi connectivity index (χ1n) is 6.08. The molecule has 2 aliphatic rings. The monoisotopic (exact) mass is 195 g/mol. The number of nitrogens with one attached hydrogen (secondary N) is 1. The molecule has 0 amide bonds. The van der Waals surface area contributed by atoms with Gasteiger partial charge in [-0.25, -0.2) is 0 Å². The molecule has 0 saturated heterocycles. The molecule has 0 heterocycles. The Morgan fingerprint density at radius 3 is 2.07 bits per heavy atom. The highest BCUT2D eigenvalue weighted by atomic mass is 14.7. The minimum absolute atomic E-state index is 0.175. The molecule has 2 saturated carbocycles. The van der Waals surface area contributed by atoms with E-state index in [4.69, 9.17) is 5.41 Å². The summed E-state index contributed by atoms with van der Waals surface area (Å²) in [6, 6.07) is 0. The molecule has 1 heteroatoms. The van der Waals surface area contributed by atoms with Crippen LogP contribution in [0.25, 0.3) is 0 Å². The maximum absolute atomic E-state index is 8.19. The fourth-order valence-corrected chi connectivity index (χ4v) is 2.56. The first kappa shape index (κ1) is 11.7. The predicted molar refractivity (Wildman–Crippen MR) is 62.9 cm³/mol. The van der Waals surface area contributed by atoms with Crippen LogP contribution in [0.2, 0.25) is 0 Å². The highest BCUT2D eigenvalue weighted by molar-refractivity contribution is 5.95. The maximum Gasteiger partial charge on any atom is 0.0210 e. The van der Waals surface area contributed by atoms with Crippen molar-refractivity contribution in [2.24, 2.45) is 16.7 Å². The summed E-state index contributed by atoms with van der Waals surface area (Å²) in [6.45, 7) is 10.8. The van der Waals surface area contributed by atoms with E-state index in [-0.39, 0.29) is 5.41 Å². The average Bonchev–Trinajstić information content (AvgIpc) is 2.95. The number of hydrogen-bond acceptors (Lipinski definition) is 1. The Morgan fingerprint density at radius 1 is 1.14 bits per heavy atom. The molecule has 0 aromatic carbocycles. The lowest BCUT2D eigenvalue weighted by atomic mass is 9.63. The largest absolute Gasteiger partial charge is 0.309 e. The summed E-state index contributed by atoms with van der Waals surface area (Å²) in [4.78, 5) is 0. The molecule has 82 valence electrons. The van der Waals surface area contributed by atoms with Gasteiger partial charge in [-0.15, -0.1) is 0 Å². The van der Waals surface area contributed by atoms with Crippen LogP contribution in [-0.4, -0.2) is 5.71 Å². The van der Waals surface area contributed by atoms with Crippen molar-refractivity contribution in [2.75, 3.05) is 0 Å². The maximum atomic E-state index is 8.19. The first-order chi connectivity index (χ1) is 6.49. The summed E-state index contributed by atoms with van der Waals surface area (Å²) >= 11 is 0. The third-order valence-electron chi connectivity index (χ3n) is 4.32. The molecule has 14 heavy (non-hydrogen) atoms. The van der Waals surface area contributed by atoms with Gasteiger partial charge >= 0.3 is 0 Å². The molecule has 0 aromatic heterocycles. The van der Waals surface area contributed by atoms with Gasteiger partial charge in [-0.1, -0.05) is 34.6 Å². The Morgan fingerprint density at radius 2 is 1.64 bits per heavy atom. The summed E-state index contributed by atoms with van der Waals surface area (Å²) in [5.41, 5.74) is 1.61. The van der Waals surface area contributed by atoms with Gasteiger partial charge < -0.3 is 5.41 Å². The van der Waals surface area contributed by atoms with Crippen molar-refractivity contribution < 1.29 is 0 Å². The second-order valence-corrected chi connectivity index (χ2v) is 5.32. The Bertz CT molecular complexity index is 223. The molecule has 0 radical (unpaired) electrons. The molecule has 1 unspecified atom stereocenters. The van der Waals surface area contributed by atoms with Crippen LogP contribution < -0.4 is 0 Å². The molecular formula is C13H25N. The van der Waals surface area contributed by atoms with Gasteiger partial charge in [0.25, 0.3) is 0 Å². The molecular weight excluding hydrogens is 170 g/mol. The van der Waals surface area contributed by atoms with Crippen LogP contribution in [0.15, 0.2) is 0 Å². The van der Waals surface area contributed by atoms with E-state index in [2.05, 4.69) is 20.8 Å². The highest BCUT2D eigenvalue weighted by Gasteiger charge is 2.55. The third-order valence-corrected chi connectivity index (χ3v) is 4.32. The van der Waals surface area contributed by atoms with Gasteiger partial charge in [-0.05, 0) is 31.6 Å². The van der Waals surface area contributed by atoms with Crippen molar-refractivity contribution in [2.45, 2.75) is 60.3 Å².